The summed E-state index contributed by atoms with van der Waals surface area (Å²) in [6, 6.07) is 15.4. The maximum Gasteiger partial charge on any atom is 0.864 e. The van der Waals surface area contributed by atoms with E-state index in [2.05, 4.69) is 13.8 Å². The minimum atomic E-state index is -1.26. The highest BCUT2D eigenvalue weighted by Crippen LogP contribution is 2.35. The molecule has 0 aliphatic carbocycles. The molecule has 1 N–H and O–H groups in total. The Balaban J connectivity index is 1.45. The molecule has 1 aliphatic rings. The van der Waals surface area contributed by atoms with Crippen LogP contribution in [0.15, 0.2) is 78.6 Å². The van der Waals surface area contributed by atoms with Crippen LogP contribution in [0.1, 0.15) is 112 Å². The Hall–Kier alpha value is -5.32. The third kappa shape index (κ3) is 14.5. The number of carbonyl (C=O) groups is 2. The van der Waals surface area contributed by atoms with Crippen molar-refractivity contribution in [3.05, 3.63) is 95.3 Å². The first-order chi connectivity index (χ1) is 26.8. The lowest BCUT2D eigenvalue weighted by atomic mass is 10.1. The number of carbonyl (C=O) groups excluding carboxylic acids is 1. The fourth-order valence-electron chi connectivity index (χ4n) is 5.83. The molecule has 55 heavy (non-hydrogen) atoms. The molecule has 0 spiro atoms. The van der Waals surface area contributed by atoms with Gasteiger partial charge in [-0.25, -0.2) is 4.79 Å². The van der Waals surface area contributed by atoms with Crippen molar-refractivity contribution in [3.8, 4) is 34.5 Å². The van der Waals surface area contributed by atoms with Gasteiger partial charge in [0.1, 0.15) is 17.3 Å². The minimum absolute atomic E-state index is 0.0429. The Bertz CT molecular complexity index is 1770. The van der Waals surface area contributed by atoms with E-state index < -0.39 is 13.3 Å². The van der Waals surface area contributed by atoms with Crippen LogP contribution in [0.2, 0.25) is 0 Å². The summed E-state index contributed by atoms with van der Waals surface area (Å²) in [6.45, 7) is 5.64. The average Bonchev–Trinajstić information content (AvgIpc) is 3.60. The smallest absolute Gasteiger partial charge is 0.493 e. The minimum Gasteiger partial charge on any atom is -0.493 e. The lowest BCUT2D eigenvalue weighted by molar-refractivity contribution is -0.110. The van der Waals surface area contributed by atoms with Gasteiger partial charge in [-0.2, -0.15) is 0 Å². The van der Waals surface area contributed by atoms with Gasteiger partial charge in [-0.05, 0) is 78.6 Å². The molecular weight excluding hydrogens is 699 g/mol. The van der Waals surface area contributed by atoms with E-state index in [4.69, 9.17) is 32.9 Å². The van der Waals surface area contributed by atoms with Gasteiger partial charge in [-0.15, -0.1) is 0 Å². The molecule has 0 radical (unpaired) electrons. The summed E-state index contributed by atoms with van der Waals surface area (Å²) in [5.41, 5.74) is 1.57. The first-order valence-electron chi connectivity index (χ1n) is 19.4. The second-order valence-corrected chi connectivity index (χ2v) is 13.3. The summed E-state index contributed by atoms with van der Waals surface area (Å²) in [6.07, 6.45) is 21.9. The number of aromatic carboxylic acids is 1. The van der Waals surface area contributed by atoms with Crippen LogP contribution in [0, 0.1) is 0 Å². The highest BCUT2D eigenvalue weighted by molar-refractivity contribution is 6.40. The maximum atomic E-state index is 13.3. The van der Waals surface area contributed by atoms with Gasteiger partial charge in [0.15, 0.2) is 28.8 Å². The summed E-state index contributed by atoms with van der Waals surface area (Å²) >= 11 is 0. The largest absolute Gasteiger partial charge is 0.864 e. The van der Waals surface area contributed by atoms with Crippen molar-refractivity contribution in [1.82, 2.24) is 0 Å². The highest BCUT2D eigenvalue weighted by Gasteiger charge is 2.38. The van der Waals surface area contributed by atoms with E-state index in [1.54, 1.807) is 32.4 Å². The predicted molar refractivity (Wildman–Crippen MR) is 216 cm³/mol. The van der Waals surface area contributed by atoms with Crippen LogP contribution < -0.4 is 28.3 Å². The van der Waals surface area contributed by atoms with Crippen LogP contribution in [-0.4, -0.2) is 51.6 Å². The number of fused-ring (bicyclic) bond motifs is 1. The fraction of sp³-hybridized carbons (Fsp3) is 0.409. The number of carboxylic acids is 1. The molecule has 3 aromatic carbocycles. The topological polar surface area (TPSA) is 119 Å². The van der Waals surface area contributed by atoms with Crippen LogP contribution in [0.25, 0.3) is 12.2 Å². The second-order valence-electron chi connectivity index (χ2n) is 13.3. The van der Waals surface area contributed by atoms with Gasteiger partial charge in [0.2, 0.25) is 0 Å². The number of allylic oxidation sites excluding steroid dienone is 3. The first-order valence-corrected chi connectivity index (χ1v) is 19.4. The number of hydrogen-bond acceptors (Lipinski definition) is 9. The van der Waals surface area contributed by atoms with Crippen LogP contribution in [-0.2, 0) is 9.45 Å². The van der Waals surface area contributed by atoms with Crippen molar-refractivity contribution < 1.29 is 47.6 Å². The Morgan fingerprint density at radius 2 is 1.16 bits per heavy atom. The Morgan fingerprint density at radius 3 is 1.71 bits per heavy atom. The van der Waals surface area contributed by atoms with E-state index in [0.29, 0.717) is 42.0 Å². The van der Waals surface area contributed by atoms with Gasteiger partial charge in [0.25, 0.3) is 0 Å². The third-order valence-corrected chi connectivity index (χ3v) is 8.92. The molecule has 0 unspecified atom stereocenters. The predicted octanol–water partition coefficient (Wildman–Crippen LogP) is 10.5. The molecular formula is C44H55BO10. The summed E-state index contributed by atoms with van der Waals surface area (Å²) < 4.78 is 40.6. The summed E-state index contributed by atoms with van der Waals surface area (Å²) in [7, 11) is 1.92. The SMILES string of the molecule is CCCCCCCCOc1ccc(/C=C/C(=O)/C=C(/C=C/c2ccc(OCCCCCCCC)c(OC)c2)OB2Oc3ccc(C(=O)O)cc3O2)cc1OC. The highest BCUT2D eigenvalue weighted by atomic mass is 16.8. The van der Waals surface area contributed by atoms with Gasteiger partial charge in [0, 0.05) is 6.08 Å². The van der Waals surface area contributed by atoms with Crippen LogP contribution in [0.4, 0.5) is 0 Å². The molecule has 0 amide bonds. The van der Waals surface area contributed by atoms with Gasteiger partial charge in [-0.1, -0.05) is 102 Å². The first kappa shape index (κ1) is 42.4. The Kier molecular flexibility index (Phi) is 18.1. The van der Waals surface area contributed by atoms with Crippen molar-refractivity contribution in [3.63, 3.8) is 0 Å². The zero-order valence-electron chi connectivity index (χ0n) is 32.7. The molecule has 3 aromatic rings. The lowest BCUT2D eigenvalue weighted by Crippen LogP contribution is -2.28. The number of methoxy groups -OCH3 is 2. The molecule has 0 bridgehead atoms. The quantitative estimate of drug-likeness (QED) is 0.0279. The van der Waals surface area contributed by atoms with E-state index in [1.807, 2.05) is 36.4 Å². The molecule has 10 nitrogen and oxygen atoms in total. The van der Waals surface area contributed by atoms with E-state index in [1.165, 1.54) is 81.7 Å². The molecule has 0 saturated heterocycles. The van der Waals surface area contributed by atoms with E-state index in [9.17, 15) is 14.7 Å². The number of benzene rings is 3. The zero-order valence-corrected chi connectivity index (χ0v) is 32.7. The molecule has 11 heteroatoms. The van der Waals surface area contributed by atoms with Gasteiger partial charge >= 0.3 is 13.3 Å². The zero-order chi connectivity index (χ0) is 39.3. The molecule has 0 saturated carbocycles. The Morgan fingerprint density at radius 1 is 0.636 bits per heavy atom. The molecule has 1 heterocycles. The maximum absolute atomic E-state index is 13.3. The van der Waals surface area contributed by atoms with Crippen LogP contribution in [0.3, 0.4) is 0 Å². The third-order valence-electron chi connectivity index (χ3n) is 8.92. The number of rotatable bonds is 26. The average molecular weight is 755 g/mol. The molecule has 294 valence electrons. The molecule has 0 atom stereocenters. The second kappa shape index (κ2) is 23.5. The van der Waals surface area contributed by atoms with E-state index >= 15 is 0 Å². The number of unbranched alkanes of at least 4 members (excludes halogenated alkanes) is 10. The van der Waals surface area contributed by atoms with Crippen LogP contribution >= 0.6 is 0 Å². The Labute approximate surface area is 326 Å². The van der Waals surface area contributed by atoms with E-state index in [0.717, 1.165) is 36.8 Å². The monoisotopic (exact) mass is 754 g/mol. The lowest BCUT2D eigenvalue weighted by Gasteiger charge is -2.12. The normalized spacial score (nSPS) is 12.4. The fourth-order valence-corrected chi connectivity index (χ4v) is 5.83. The summed E-state index contributed by atoms with van der Waals surface area (Å²) in [5.74, 6) is 1.69. The number of carboxylic acid groups (broad SMARTS) is 1. The molecule has 4 rings (SSSR count). The summed E-state index contributed by atoms with van der Waals surface area (Å²) in [5, 5.41) is 9.38. The molecule has 0 fully saturated rings. The van der Waals surface area contributed by atoms with Gasteiger partial charge < -0.3 is 38.0 Å². The molecule has 1 aliphatic heterocycles. The molecule has 0 aromatic heterocycles. The van der Waals surface area contributed by atoms with Crippen molar-refractivity contribution in [1.29, 1.82) is 0 Å². The number of ketones is 1. The van der Waals surface area contributed by atoms with Gasteiger partial charge in [-0.3, -0.25) is 4.79 Å². The van der Waals surface area contributed by atoms with Gasteiger partial charge in [0.05, 0.1) is 33.0 Å². The van der Waals surface area contributed by atoms with Crippen molar-refractivity contribution in [2.45, 2.75) is 90.9 Å². The standard InChI is InChI=1S/C44H55BO10/c1-5-7-9-11-13-15-27-51-38-24-19-33(29-41(38)49-3)17-22-36(46)32-37(53-45-54-40-26-21-35(44(47)48)31-43(40)55-45)23-18-34-20-25-39(42(30-34)50-4)52-28-16-14-12-10-8-6-2/h17-26,29-32H,5-16,27-28H2,1-4H3,(H,47,48)/b22-17+,23-18+,37-32-. The van der Waals surface area contributed by atoms with Crippen molar-refractivity contribution in [2.24, 2.45) is 0 Å². The van der Waals surface area contributed by atoms with Crippen LogP contribution in [0.5, 0.6) is 34.5 Å². The summed E-state index contributed by atoms with van der Waals surface area (Å²) in [4.78, 5) is 24.7. The van der Waals surface area contributed by atoms with Crippen molar-refractivity contribution in [2.75, 3.05) is 27.4 Å². The number of hydrogen-bond donors (Lipinski definition) is 1. The van der Waals surface area contributed by atoms with E-state index in [-0.39, 0.29) is 22.9 Å². The number of ether oxygens (including phenoxy) is 4. The van der Waals surface area contributed by atoms with Crippen molar-refractivity contribution >= 4 is 31.2 Å².